The van der Waals surface area contributed by atoms with E-state index in [2.05, 4.69) is 29.4 Å². The molecule has 2 aromatic carbocycles. The second-order valence-electron chi connectivity index (χ2n) is 5.57. The summed E-state index contributed by atoms with van der Waals surface area (Å²) in [5.74, 6) is -0.746. The fraction of sp³-hybridized carbons (Fsp3) is 0.263. The van der Waals surface area contributed by atoms with E-state index in [4.69, 9.17) is 9.94 Å². The zero-order valence-corrected chi connectivity index (χ0v) is 14.1. The second kappa shape index (κ2) is 7.93. The number of rotatable bonds is 7. The quantitative estimate of drug-likeness (QED) is 0.390. The van der Waals surface area contributed by atoms with E-state index >= 15 is 0 Å². The van der Waals surface area contributed by atoms with Gasteiger partial charge in [0, 0.05) is 26.6 Å². The van der Waals surface area contributed by atoms with Crippen molar-refractivity contribution in [2.75, 3.05) is 6.61 Å². The Balaban J connectivity index is 1.80. The first kappa shape index (κ1) is 16.5. The molecule has 0 unspecified atom stereocenters. The zero-order chi connectivity index (χ0) is 16.8. The fourth-order valence-electron chi connectivity index (χ4n) is 2.59. The molecule has 0 aliphatic carbocycles. The maximum Gasteiger partial charge on any atom is 0.303 e. The van der Waals surface area contributed by atoms with Crippen LogP contribution in [-0.2, 0) is 9.63 Å². The molecule has 0 aliphatic heterocycles. The number of benzene rings is 2. The molecular formula is C19H19NO3S. The van der Waals surface area contributed by atoms with Crippen molar-refractivity contribution in [3.63, 3.8) is 0 Å². The summed E-state index contributed by atoms with van der Waals surface area (Å²) in [5, 5.41) is 16.0. The van der Waals surface area contributed by atoms with Gasteiger partial charge in [0.15, 0.2) is 0 Å². The summed E-state index contributed by atoms with van der Waals surface area (Å²) in [7, 11) is 0. The van der Waals surface area contributed by atoms with E-state index in [0.717, 1.165) is 29.0 Å². The highest BCUT2D eigenvalue weighted by molar-refractivity contribution is 7.24. The number of hydrogen-bond donors (Lipinski definition) is 1. The van der Waals surface area contributed by atoms with Crippen molar-refractivity contribution in [2.24, 2.45) is 5.16 Å². The van der Waals surface area contributed by atoms with Crippen LogP contribution in [0.1, 0.15) is 25.7 Å². The average Bonchev–Trinajstić information content (AvgIpc) is 2.59. The van der Waals surface area contributed by atoms with Gasteiger partial charge >= 0.3 is 5.97 Å². The lowest BCUT2D eigenvalue weighted by Crippen LogP contribution is -2.06. The van der Waals surface area contributed by atoms with Crippen LogP contribution < -0.4 is 5.36 Å². The standard InChI is InChI=1S/C19H19NO3S/c21-18(22)12-2-1-7-13-23-20-19-14-8-3-5-10-16(14)24-17-11-6-4-9-15(17)19/h3-6,8-11H,1-2,7,12-13H2,(H,21,22). The van der Waals surface area contributed by atoms with Gasteiger partial charge in [-0.05, 0) is 31.4 Å². The first-order valence-electron chi connectivity index (χ1n) is 8.04. The van der Waals surface area contributed by atoms with Crippen LogP contribution >= 0.6 is 11.3 Å². The van der Waals surface area contributed by atoms with Crippen molar-refractivity contribution in [2.45, 2.75) is 25.7 Å². The number of fused-ring (bicyclic) bond motifs is 2. The molecule has 0 saturated carbocycles. The lowest BCUT2D eigenvalue weighted by atomic mass is 10.2. The zero-order valence-electron chi connectivity index (χ0n) is 13.3. The van der Waals surface area contributed by atoms with Gasteiger partial charge in [0.05, 0.1) is 0 Å². The average molecular weight is 341 g/mol. The van der Waals surface area contributed by atoms with Crippen molar-refractivity contribution >= 4 is 37.5 Å². The number of aliphatic carboxylic acids is 1. The molecule has 1 N–H and O–H groups in total. The number of carboxylic acid groups (broad SMARTS) is 1. The van der Waals surface area contributed by atoms with Crippen LogP contribution in [0.2, 0.25) is 0 Å². The Bertz CT molecular complexity index is 860. The van der Waals surface area contributed by atoms with Crippen LogP contribution in [0.15, 0.2) is 53.7 Å². The lowest BCUT2D eigenvalue weighted by Gasteiger charge is -2.04. The Hall–Kier alpha value is -2.40. The minimum Gasteiger partial charge on any atom is -0.481 e. The summed E-state index contributed by atoms with van der Waals surface area (Å²) in [6.07, 6.45) is 2.53. The van der Waals surface area contributed by atoms with E-state index in [1.165, 1.54) is 9.40 Å². The van der Waals surface area contributed by atoms with E-state index in [9.17, 15) is 4.79 Å². The summed E-state index contributed by atoms with van der Waals surface area (Å²) >= 11 is 1.75. The maximum atomic E-state index is 10.5. The van der Waals surface area contributed by atoms with Gasteiger partial charge in [-0.3, -0.25) is 4.79 Å². The Kier molecular flexibility index (Phi) is 5.43. The lowest BCUT2D eigenvalue weighted by molar-refractivity contribution is -0.137. The summed E-state index contributed by atoms with van der Waals surface area (Å²) < 4.78 is 2.36. The van der Waals surface area contributed by atoms with Gasteiger partial charge in [-0.15, -0.1) is 11.3 Å². The predicted molar refractivity (Wildman–Crippen MR) is 96.9 cm³/mol. The molecule has 0 atom stereocenters. The van der Waals surface area contributed by atoms with Crippen LogP contribution in [-0.4, -0.2) is 17.7 Å². The van der Waals surface area contributed by atoms with Crippen molar-refractivity contribution in [3.05, 3.63) is 53.9 Å². The van der Waals surface area contributed by atoms with Gasteiger partial charge in [0.1, 0.15) is 12.0 Å². The molecule has 5 heteroatoms. The molecule has 4 nitrogen and oxygen atoms in total. The summed E-state index contributed by atoms with van der Waals surface area (Å²) in [6.45, 7) is 0.501. The molecule has 1 heterocycles. The molecule has 0 radical (unpaired) electrons. The van der Waals surface area contributed by atoms with E-state index in [1.807, 2.05) is 24.3 Å². The number of carboxylic acids is 1. The SMILES string of the molecule is O=C(O)CCCCCON=c1c2ccccc2sc2ccccc12. The van der Waals surface area contributed by atoms with E-state index in [-0.39, 0.29) is 6.42 Å². The van der Waals surface area contributed by atoms with Gasteiger partial charge in [0.2, 0.25) is 0 Å². The highest BCUT2D eigenvalue weighted by Gasteiger charge is 2.04. The molecule has 24 heavy (non-hydrogen) atoms. The molecule has 3 rings (SSSR count). The van der Waals surface area contributed by atoms with Crippen LogP contribution in [0.3, 0.4) is 0 Å². The smallest absolute Gasteiger partial charge is 0.303 e. The number of hydrogen-bond acceptors (Lipinski definition) is 4. The predicted octanol–water partition coefficient (Wildman–Crippen LogP) is 4.53. The maximum absolute atomic E-state index is 10.5. The first-order chi connectivity index (χ1) is 11.8. The molecule has 0 bridgehead atoms. The second-order valence-corrected chi connectivity index (χ2v) is 6.66. The van der Waals surface area contributed by atoms with Crippen molar-refractivity contribution in [3.8, 4) is 0 Å². The van der Waals surface area contributed by atoms with Crippen molar-refractivity contribution in [1.82, 2.24) is 0 Å². The van der Waals surface area contributed by atoms with Crippen LogP contribution in [0, 0.1) is 0 Å². The summed E-state index contributed by atoms with van der Waals surface area (Å²) in [4.78, 5) is 16.0. The third kappa shape index (κ3) is 3.92. The molecule has 0 spiro atoms. The summed E-state index contributed by atoms with van der Waals surface area (Å²) in [6, 6.07) is 16.4. The third-order valence-electron chi connectivity index (χ3n) is 3.79. The Labute approximate surface area is 144 Å². The van der Waals surface area contributed by atoms with E-state index in [0.29, 0.717) is 13.0 Å². The number of carbonyl (C=O) groups is 1. The fourth-order valence-corrected chi connectivity index (χ4v) is 3.67. The Morgan fingerprint density at radius 3 is 2.21 bits per heavy atom. The molecule has 0 aliphatic rings. The van der Waals surface area contributed by atoms with Crippen LogP contribution in [0.4, 0.5) is 0 Å². The van der Waals surface area contributed by atoms with Crippen molar-refractivity contribution < 1.29 is 14.7 Å². The van der Waals surface area contributed by atoms with E-state index in [1.54, 1.807) is 11.3 Å². The topological polar surface area (TPSA) is 58.9 Å². The molecule has 0 fully saturated rings. The molecule has 1 aromatic heterocycles. The normalized spacial score (nSPS) is 10.8. The van der Waals surface area contributed by atoms with Gasteiger partial charge in [-0.25, -0.2) is 0 Å². The minimum absolute atomic E-state index is 0.215. The van der Waals surface area contributed by atoms with Gasteiger partial charge in [0.25, 0.3) is 0 Å². The largest absolute Gasteiger partial charge is 0.481 e. The molecular weight excluding hydrogens is 322 g/mol. The van der Waals surface area contributed by atoms with Gasteiger partial charge in [-0.2, -0.15) is 0 Å². The highest BCUT2D eigenvalue weighted by atomic mass is 32.1. The molecule has 0 saturated heterocycles. The molecule has 0 amide bonds. The van der Waals surface area contributed by atoms with Crippen LogP contribution in [0.25, 0.3) is 20.2 Å². The van der Waals surface area contributed by atoms with Gasteiger partial charge < -0.3 is 9.94 Å². The Morgan fingerprint density at radius 2 is 1.58 bits per heavy atom. The van der Waals surface area contributed by atoms with Gasteiger partial charge in [-0.1, -0.05) is 41.6 Å². The first-order valence-corrected chi connectivity index (χ1v) is 8.86. The third-order valence-corrected chi connectivity index (χ3v) is 4.94. The highest BCUT2D eigenvalue weighted by Crippen LogP contribution is 2.24. The molecule has 3 aromatic rings. The van der Waals surface area contributed by atoms with E-state index < -0.39 is 5.97 Å². The number of unbranched alkanes of at least 4 members (excludes halogenated alkanes) is 2. The number of nitrogens with zero attached hydrogens (tertiary/aromatic N) is 1. The monoisotopic (exact) mass is 341 g/mol. The van der Waals surface area contributed by atoms with Crippen LogP contribution in [0.5, 0.6) is 0 Å². The Morgan fingerprint density at radius 1 is 0.958 bits per heavy atom. The minimum atomic E-state index is -0.746. The molecule has 124 valence electrons. The summed E-state index contributed by atoms with van der Waals surface area (Å²) in [5.41, 5.74) is 0. The van der Waals surface area contributed by atoms with Crippen molar-refractivity contribution in [1.29, 1.82) is 0 Å².